The smallest absolute Gasteiger partial charge is 0.307 e. The fourth-order valence-corrected chi connectivity index (χ4v) is 2.53. The second-order valence-corrected chi connectivity index (χ2v) is 5.87. The molecular formula is C20H22N2O4. The average molecular weight is 354 g/mol. The van der Waals surface area contributed by atoms with Crippen molar-refractivity contribution in [1.29, 1.82) is 0 Å². The molecule has 0 aliphatic heterocycles. The van der Waals surface area contributed by atoms with Crippen molar-refractivity contribution < 1.29 is 19.1 Å². The summed E-state index contributed by atoms with van der Waals surface area (Å²) in [7, 11) is 1.32. The Kier molecular flexibility index (Phi) is 6.91. The molecule has 2 rings (SSSR count). The number of esters is 1. The van der Waals surface area contributed by atoms with Gasteiger partial charge in [0.15, 0.2) is 0 Å². The topological polar surface area (TPSA) is 84.5 Å². The van der Waals surface area contributed by atoms with Crippen LogP contribution >= 0.6 is 0 Å². The van der Waals surface area contributed by atoms with Crippen molar-refractivity contribution in [2.75, 3.05) is 12.4 Å². The Balaban J connectivity index is 2.02. The van der Waals surface area contributed by atoms with Crippen molar-refractivity contribution >= 4 is 23.5 Å². The van der Waals surface area contributed by atoms with Crippen LogP contribution < -0.4 is 10.6 Å². The summed E-state index contributed by atoms with van der Waals surface area (Å²) < 4.78 is 4.72. The molecular weight excluding hydrogens is 332 g/mol. The first kappa shape index (κ1) is 19.2. The van der Waals surface area contributed by atoms with Crippen LogP contribution in [0.15, 0.2) is 54.6 Å². The molecule has 1 atom stereocenters. The lowest BCUT2D eigenvalue weighted by molar-refractivity contribution is -0.141. The van der Waals surface area contributed by atoms with Gasteiger partial charge in [-0.3, -0.25) is 14.4 Å². The maximum Gasteiger partial charge on any atom is 0.307 e. The Bertz CT molecular complexity index is 757. The normalized spacial score (nSPS) is 11.3. The van der Waals surface area contributed by atoms with E-state index in [2.05, 4.69) is 10.6 Å². The SMILES string of the molecule is COC(=O)C[C@@H](NC(=O)Cc1ccc(NC(C)=O)cc1)c1ccccc1. The predicted molar refractivity (Wildman–Crippen MR) is 98.4 cm³/mol. The highest BCUT2D eigenvalue weighted by molar-refractivity contribution is 5.88. The monoisotopic (exact) mass is 354 g/mol. The van der Waals surface area contributed by atoms with E-state index in [1.165, 1.54) is 14.0 Å². The van der Waals surface area contributed by atoms with Crippen LogP contribution in [-0.2, 0) is 25.5 Å². The summed E-state index contributed by atoms with van der Waals surface area (Å²) in [5.74, 6) is -0.738. The number of benzene rings is 2. The minimum absolute atomic E-state index is 0.0632. The number of amides is 2. The second-order valence-electron chi connectivity index (χ2n) is 5.87. The summed E-state index contributed by atoms with van der Waals surface area (Å²) in [6.07, 6.45) is 0.235. The molecule has 0 saturated heterocycles. The quantitative estimate of drug-likeness (QED) is 0.749. The van der Waals surface area contributed by atoms with E-state index in [1.54, 1.807) is 24.3 Å². The largest absolute Gasteiger partial charge is 0.469 e. The van der Waals surface area contributed by atoms with Gasteiger partial charge in [-0.25, -0.2) is 0 Å². The number of methoxy groups -OCH3 is 1. The van der Waals surface area contributed by atoms with E-state index in [1.807, 2.05) is 30.3 Å². The number of carbonyl (C=O) groups is 3. The molecule has 0 heterocycles. The van der Waals surface area contributed by atoms with Gasteiger partial charge in [0.25, 0.3) is 0 Å². The van der Waals surface area contributed by atoms with Gasteiger partial charge >= 0.3 is 5.97 Å². The molecule has 2 aromatic carbocycles. The zero-order valence-corrected chi connectivity index (χ0v) is 14.8. The van der Waals surface area contributed by atoms with Crippen LogP contribution in [-0.4, -0.2) is 24.9 Å². The van der Waals surface area contributed by atoms with Gasteiger partial charge < -0.3 is 15.4 Å². The minimum Gasteiger partial charge on any atom is -0.469 e. The van der Waals surface area contributed by atoms with Gasteiger partial charge in [0.05, 0.1) is 26.0 Å². The maximum absolute atomic E-state index is 12.4. The molecule has 0 aromatic heterocycles. The second kappa shape index (κ2) is 9.36. The lowest BCUT2D eigenvalue weighted by Gasteiger charge is -2.18. The number of nitrogens with one attached hydrogen (secondary N) is 2. The van der Waals surface area contributed by atoms with Crippen LogP contribution in [0.3, 0.4) is 0 Å². The average Bonchev–Trinajstić information content (AvgIpc) is 2.63. The van der Waals surface area contributed by atoms with Crippen LogP contribution in [0.2, 0.25) is 0 Å². The van der Waals surface area contributed by atoms with Crippen molar-refractivity contribution in [1.82, 2.24) is 5.32 Å². The maximum atomic E-state index is 12.4. The molecule has 136 valence electrons. The van der Waals surface area contributed by atoms with Crippen LogP contribution in [0.5, 0.6) is 0 Å². The molecule has 2 N–H and O–H groups in total. The Morgan fingerprint density at radius 1 is 1.00 bits per heavy atom. The van der Waals surface area contributed by atoms with Crippen molar-refractivity contribution in [2.45, 2.75) is 25.8 Å². The first-order valence-electron chi connectivity index (χ1n) is 8.25. The van der Waals surface area contributed by atoms with Gasteiger partial charge in [0.2, 0.25) is 11.8 Å². The molecule has 6 heteroatoms. The number of rotatable bonds is 7. The van der Waals surface area contributed by atoms with Crippen LogP contribution in [0.1, 0.15) is 30.5 Å². The lowest BCUT2D eigenvalue weighted by Crippen LogP contribution is -2.31. The van der Waals surface area contributed by atoms with Crippen molar-refractivity contribution in [3.8, 4) is 0 Å². The molecule has 2 amide bonds. The number of anilines is 1. The Hall–Kier alpha value is -3.15. The van der Waals surface area contributed by atoms with E-state index < -0.39 is 6.04 Å². The van der Waals surface area contributed by atoms with Gasteiger partial charge in [0, 0.05) is 12.6 Å². The van der Waals surface area contributed by atoms with Gasteiger partial charge in [-0.15, -0.1) is 0 Å². The number of hydrogen-bond acceptors (Lipinski definition) is 4. The molecule has 2 aromatic rings. The van der Waals surface area contributed by atoms with Gasteiger partial charge in [0.1, 0.15) is 0 Å². The number of hydrogen-bond donors (Lipinski definition) is 2. The van der Waals surface area contributed by atoms with E-state index in [0.717, 1.165) is 11.1 Å². The summed E-state index contributed by atoms with van der Waals surface area (Å²) in [5.41, 5.74) is 2.32. The van der Waals surface area contributed by atoms with E-state index >= 15 is 0 Å². The third-order valence-electron chi connectivity index (χ3n) is 3.77. The molecule has 6 nitrogen and oxygen atoms in total. The summed E-state index contributed by atoms with van der Waals surface area (Å²) in [6.45, 7) is 1.44. The summed E-state index contributed by atoms with van der Waals surface area (Å²) in [5, 5.41) is 5.56. The van der Waals surface area contributed by atoms with Crippen molar-refractivity contribution in [3.63, 3.8) is 0 Å². The molecule has 0 bridgehead atoms. The Morgan fingerprint density at radius 2 is 1.65 bits per heavy atom. The molecule has 0 aliphatic carbocycles. The van der Waals surface area contributed by atoms with Crippen LogP contribution in [0.25, 0.3) is 0 Å². The fraction of sp³-hybridized carbons (Fsp3) is 0.250. The third kappa shape index (κ3) is 6.05. The Morgan fingerprint density at radius 3 is 2.23 bits per heavy atom. The van der Waals surface area contributed by atoms with E-state index in [4.69, 9.17) is 4.74 Å². The molecule has 0 fully saturated rings. The summed E-state index contributed by atoms with van der Waals surface area (Å²) in [4.78, 5) is 35.1. The molecule has 0 spiro atoms. The molecule has 0 unspecified atom stereocenters. The summed E-state index contributed by atoms with van der Waals surface area (Å²) in [6, 6.07) is 15.9. The van der Waals surface area contributed by atoms with E-state index in [9.17, 15) is 14.4 Å². The summed E-state index contributed by atoms with van der Waals surface area (Å²) >= 11 is 0. The number of carbonyl (C=O) groups excluding carboxylic acids is 3. The zero-order valence-electron chi connectivity index (χ0n) is 14.8. The first-order chi connectivity index (χ1) is 12.5. The molecule has 0 radical (unpaired) electrons. The van der Waals surface area contributed by atoms with Crippen LogP contribution in [0.4, 0.5) is 5.69 Å². The van der Waals surface area contributed by atoms with E-state index in [-0.39, 0.29) is 30.6 Å². The molecule has 0 aliphatic rings. The third-order valence-corrected chi connectivity index (χ3v) is 3.77. The van der Waals surface area contributed by atoms with E-state index in [0.29, 0.717) is 5.69 Å². The first-order valence-corrected chi connectivity index (χ1v) is 8.25. The van der Waals surface area contributed by atoms with Gasteiger partial charge in [-0.1, -0.05) is 42.5 Å². The molecule has 0 saturated carbocycles. The lowest BCUT2D eigenvalue weighted by atomic mass is 10.0. The predicted octanol–water partition coefficient (Wildman–Crippen LogP) is 2.61. The minimum atomic E-state index is -0.449. The standard InChI is InChI=1S/C20H22N2O4/c1-14(23)21-17-10-8-15(9-11-17)12-19(24)22-18(13-20(25)26-2)16-6-4-3-5-7-16/h3-11,18H,12-13H2,1-2H3,(H,21,23)(H,22,24)/t18-/m1/s1. The van der Waals surface area contributed by atoms with Crippen molar-refractivity contribution in [3.05, 3.63) is 65.7 Å². The highest BCUT2D eigenvalue weighted by Gasteiger charge is 2.18. The fourth-order valence-electron chi connectivity index (χ4n) is 2.53. The Labute approximate surface area is 152 Å². The van der Waals surface area contributed by atoms with Crippen molar-refractivity contribution in [2.24, 2.45) is 0 Å². The highest BCUT2D eigenvalue weighted by Crippen LogP contribution is 2.18. The molecule has 26 heavy (non-hydrogen) atoms. The highest BCUT2D eigenvalue weighted by atomic mass is 16.5. The number of ether oxygens (including phenoxy) is 1. The van der Waals surface area contributed by atoms with Gasteiger partial charge in [-0.2, -0.15) is 0 Å². The van der Waals surface area contributed by atoms with Crippen LogP contribution in [0, 0.1) is 0 Å². The zero-order chi connectivity index (χ0) is 18.9. The van der Waals surface area contributed by atoms with Gasteiger partial charge in [-0.05, 0) is 23.3 Å².